The summed E-state index contributed by atoms with van der Waals surface area (Å²) in [5.41, 5.74) is 0.504. The number of hydrogen-bond donors (Lipinski definition) is 1. The van der Waals surface area contributed by atoms with Gasteiger partial charge in [0.15, 0.2) is 0 Å². The van der Waals surface area contributed by atoms with Gasteiger partial charge >= 0.3 is 5.97 Å². The van der Waals surface area contributed by atoms with Crippen LogP contribution in [-0.4, -0.2) is 35.6 Å². The number of hydrogen-bond acceptors (Lipinski definition) is 2. The van der Waals surface area contributed by atoms with E-state index < -0.39 is 5.97 Å². The van der Waals surface area contributed by atoms with Crippen LogP contribution < -0.4 is 0 Å². The lowest BCUT2D eigenvalue weighted by molar-refractivity contribution is -0.137. The molecule has 3 heteroatoms. The second kappa shape index (κ2) is 4.97. The standard InChI is InChI=1S/C12H23NO2/c1-10(4-5-11(14)15)6-7-13-8-12(2,3)9-13/h10H,4-9H2,1-3H3,(H,14,15). The van der Waals surface area contributed by atoms with Gasteiger partial charge in [-0.15, -0.1) is 0 Å². The first kappa shape index (κ1) is 12.5. The van der Waals surface area contributed by atoms with E-state index in [1.165, 1.54) is 13.1 Å². The molecule has 1 atom stereocenters. The Kier molecular flexibility index (Phi) is 4.14. The Labute approximate surface area is 92.5 Å². The number of carboxylic acid groups (broad SMARTS) is 1. The fourth-order valence-electron chi connectivity index (χ4n) is 2.24. The van der Waals surface area contributed by atoms with Crippen molar-refractivity contribution in [2.24, 2.45) is 11.3 Å². The van der Waals surface area contributed by atoms with E-state index in [1.54, 1.807) is 0 Å². The number of carboxylic acids is 1. The van der Waals surface area contributed by atoms with Gasteiger partial charge in [0.05, 0.1) is 0 Å². The maximum Gasteiger partial charge on any atom is 0.303 e. The van der Waals surface area contributed by atoms with Crippen molar-refractivity contribution < 1.29 is 9.90 Å². The van der Waals surface area contributed by atoms with Crippen molar-refractivity contribution in [2.45, 2.75) is 40.0 Å². The zero-order chi connectivity index (χ0) is 11.5. The Balaban J connectivity index is 2.03. The molecule has 3 nitrogen and oxygen atoms in total. The molecule has 1 fully saturated rings. The molecule has 0 aliphatic carbocycles. The molecule has 0 spiro atoms. The quantitative estimate of drug-likeness (QED) is 0.735. The Hall–Kier alpha value is -0.570. The third-order valence-corrected chi connectivity index (χ3v) is 3.09. The molecule has 0 saturated carbocycles. The summed E-state index contributed by atoms with van der Waals surface area (Å²) in [6, 6.07) is 0. The normalized spacial score (nSPS) is 22.1. The van der Waals surface area contributed by atoms with Crippen LogP contribution in [0.1, 0.15) is 40.0 Å². The highest BCUT2D eigenvalue weighted by molar-refractivity contribution is 5.66. The fourth-order valence-corrected chi connectivity index (χ4v) is 2.24. The molecule has 1 N–H and O–H groups in total. The third kappa shape index (κ3) is 4.65. The van der Waals surface area contributed by atoms with Gasteiger partial charge < -0.3 is 10.0 Å². The lowest BCUT2D eigenvalue weighted by atomic mass is 9.84. The van der Waals surface area contributed by atoms with Gasteiger partial charge in [-0.2, -0.15) is 0 Å². The highest BCUT2D eigenvalue weighted by Crippen LogP contribution is 2.29. The zero-order valence-corrected chi connectivity index (χ0v) is 10.1. The summed E-state index contributed by atoms with van der Waals surface area (Å²) in [4.78, 5) is 12.8. The van der Waals surface area contributed by atoms with E-state index in [2.05, 4.69) is 25.7 Å². The number of likely N-dealkylation sites (tertiary alicyclic amines) is 1. The van der Waals surface area contributed by atoms with Crippen LogP contribution in [0.4, 0.5) is 0 Å². The first-order valence-electron chi connectivity index (χ1n) is 5.83. The first-order valence-corrected chi connectivity index (χ1v) is 5.83. The molecular weight excluding hydrogens is 190 g/mol. The van der Waals surface area contributed by atoms with Gasteiger partial charge in [0.25, 0.3) is 0 Å². The van der Waals surface area contributed by atoms with Crippen LogP contribution in [0.2, 0.25) is 0 Å². The molecule has 0 bridgehead atoms. The van der Waals surface area contributed by atoms with E-state index in [-0.39, 0.29) is 0 Å². The van der Waals surface area contributed by atoms with Crippen LogP contribution in [-0.2, 0) is 4.79 Å². The van der Waals surface area contributed by atoms with Gasteiger partial charge in [0.2, 0.25) is 0 Å². The molecule has 0 amide bonds. The predicted octanol–water partition coefficient (Wildman–Crippen LogP) is 2.22. The summed E-state index contributed by atoms with van der Waals surface area (Å²) in [6.07, 6.45) is 2.25. The van der Waals surface area contributed by atoms with Crippen LogP contribution in [0.25, 0.3) is 0 Å². The fraction of sp³-hybridized carbons (Fsp3) is 0.917. The van der Waals surface area contributed by atoms with E-state index >= 15 is 0 Å². The predicted molar refractivity (Wildman–Crippen MR) is 60.9 cm³/mol. The van der Waals surface area contributed by atoms with E-state index in [1.807, 2.05) is 0 Å². The zero-order valence-electron chi connectivity index (χ0n) is 10.1. The average molecular weight is 213 g/mol. The first-order chi connectivity index (χ1) is 6.89. The summed E-state index contributed by atoms with van der Waals surface area (Å²) >= 11 is 0. The van der Waals surface area contributed by atoms with Gasteiger partial charge in [-0.25, -0.2) is 0 Å². The second-order valence-corrected chi connectivity index (χ2v) is 5.70. The second-order valence-electron chi connectivity index (χ2n) is 5.70. The van der Waals surface area contributed by atoms with Crippen molar-refractivity contribution >= 4 is 5.97 Å². The highest BCUT2D eigenvalue weighted by atomic mass is 16.4. The van der Waals surface area contributed by atoms with Gasteiger partial charge in [0, 0.05) is 19.5 Å². The van der Waals surface area contributed by atoms with E-state index in [9.17, 15) is 4.79 Å². The molecule has 1 aliphatic heterocycles. The van der Waals surface area contributed by atoms with Gasteiger partial charge in [0.1, 0.15) is 0 Å². The molecule has 15 heavy (non-hydrogen) atoms. The molecule has 0 aromatic carbocycles. The number of nitrogens with zero attached hydrogens (tertiary/aromatic N) is 1. The highest BCUT2D eigenvalue weighted by Gasteiger charge is 2.33. The Morgan fingerprint density at radius 1 is 1.40 bits per heavy atom. The molecule has 1 rings (SSSR count). The van der Waals surface area contributed by atoms with Gasteiger partial charge in [-0.3, -0.25) is 4.79 Å². The minimum absolute atomic E-state index is 0.312. The van der Waals surface area contributed by atoms with E-state index in [4.69, 9.17) is 5.11 Å². The summed E-state index contributed by atoms with van der Waals surface area (Å²) in [5.74, 6) is -0.142. The smallest absolute Gasteiger partial charge is 0.303 e. The molecule has 1 aliphatic rings. The monoisotopic (exact) mass is 213 g/mol. The molecule has 1 unspecified atom stereocenters. The summed E-state index contributed by atoms with van der Waals surface area (Å²) < 4.78 is 0. The van der Waals surface area contributed by atoms with Crippen molar-refractivity contribution in [3.63, 3.8) is 0 Å². The Bertz CT molecular complexity index is 218. The van der Waals surface area contributed by atoms with Crippen LogP contribution >= 0.6 is 0 Å². The molecular formula is C12H23NO2. The molecule has 0 aromatic rings. The Morgan fingerprint density at radius 3 is 2.47 bits per heavy atom. The summed E-state index contributed by atoms with van der Waals surface area (Å²) in [6.45, 7) is 10.2. The lowest BCUT2D eigenvalue weighted by Crippen LogP contribution is -2.53. The average Bonchev–Trinajstić information content (AvgIpc) is 2.07. The van der Waals surface area contributed by atoms with Crippen LogP contribution in [0.5, 0.6) is 0 Å². The van der Waals surface area contributed by atoms with Crippen molar-refractivity contribution in [3.8, 4) is 0 Å². The van der Waals surface area contributed by atoms with Crippen molar-refractivity contribution in [1.82, 2.24) is 4.90 Å². The van der Waals surface area contributed by atoms with Crippen LogP contribution in [0, 0.1) is 11.3 Å². The lowest BCUT2D eigenvalue weighted by Gasteiger charge is -2.46. The molecule has 1 heterocycles. The summed E-state index contributed by atoms with van der Waals surface area (Å²) in [5, 5.41) is 8.56. The SMILES string of the molecule is CC(CCC(=O)O)CCN1CC(C)(C)C1. The minimum atomic E-state index is -0.674. The molecule has 0 radical (unpaired) electrons. The molecule has 0 aromatic heterocycles. The molecule has 1 saturated heterocycles. The minimum Gasteiger partial charge on any atom is -0.481 e. The number of aliphatic carboxylic acids is 1. The maximum absolute atomic E-state index is 10.4. The maximum atomic E-state index is 10.4. The van der Waals surface area contributed by atoms with Crippen molar-refractivity contribution in [2.75, 3.05) is 19.6 Å². The molecule has 88 valence electrons. The van der Waals surface area contributed by atoms with Crippen molar-refractivity contribution in [1.29, 1.82) is 0 Å². The summed E-state index contributed by atoms with van der Waals surface area (Å²) in [7, 11) is 0. The van der Waals surface area contributed by atoms with E-state index in [0.717, 1.165) is 19.4 Å². The topological polar surface area (TPSA) is 40.5 Å². The largest absolute Gasteiger partial charge is 0.481 e. The Morgan fingerprint density at radius 2 is 2.00 bits per heavy atom. The van der Waals surface area contributed by atoms with Crippen LogP contribution in [0.15, 0.2) is 0 Å². The van der Waals surface area contributed by atoms with Gasteiger partial charge in [-0.1, -0.05) is 20.8 Å². The number of rotatable bonds is 6. The van der Waals surface area contributed by atoms with E-state index in [0.29, 0.717) is 17.8 Å². The van der Waals surface area contributed by atoms with Crippen molar-refractivity contribution in [3.05, 3.63) is 0 Å². The van der Waals surface area contributed by atoms with Crippen LogP contribution in [0.3, 0.4) is 0 Å². The third-order valence-electron chi connectivity index (χ3n) is 3.09. The van der Waals surface area contributed by atoms with Gasteiger partial charge in [-0.05, 0) is 30.7 Å². The number of carbonyl (C=O) groups is 1.